The minimum atomic E-state index is 0.0712. The number of nitrogens with one attached hydrogen (secondary N) is 1. The number of hydrogen-bond donors (Lipinski definition) is 1. The van der Waals surface area contributed by atoms with Crippen LogP contribution in [0.3, 0.4) is 0 Å². The van der Waals surface area contributed by atoms with Crippen LogP contribution in [-0.2, 0) is 19.4 Å². The highest BCUT2D eigenvalue weighted by atomic mass is 32.1. The topological polar surface area (TPSA) is 36.1 Å². The standard InChI is InChI=1S/C18H22N2OS/c21-18-19-17(16(22-18)12-20-9-3-4-10-20)15-8-7-13-5-1-2-6-14(13)11-15/h7-8,11H,1-6,9-10,12H2,(H,19,21). The van der Waals surface area contributed by atoms with Gasteiger partial charge in [0, 0.05) is 11.4 Å². The second kappa shape index (κ2) is 6.01. The Balaban J connectivity index is 1.68. The monoisotopic (exact) mass is 314 g/mol. The number of nitrogens with zero attached hydrogens (tertiary/aromatic N) is 1. The largest absolute Gasteiger partial charge is 0.312 e. The lowest BCUT2D eigenvalue weighted by Crippen LogP contribution is -2.18. The molecule has 4 heteroatoms. The van der Waals surface area contributed by atoms with Gasteiger partial charge in [-0.2, -0.15) is 0 Å². The molecule has 1 aromatic carbocycles. The van der Waals surface area contributed by atoms with Crippen LogP contribution in [0.5, 0.6) is 0 Å². The molecule has 1 aliphatic heterocycles. The third-order valence-corrected chi connectivity index (χ3v) is 5.79. The van der Waals surface area contributed by atoms with Gasteiger partial charge < -0.3 is 4.98 Å². The number of thiazole rings is 1. The summed E-state index contributed by atoms with van der Waals surface area (Å²) in [4.78, 5) is 18.7. The minimum absolute atomic E-state index is 0.0712. The number of hydrogen-bond acceptors (Lipinski definition) is 3. The molecule has 0 radical (unpaired) electrons. The molecule has 0 bridgehead atoms. The molecule has 0 spiro atoms. The Kier molecular flexibility index (Phi) is 3.89. The molecule has 22 heavy (non-hydrogen) atoms. The molecular weight excluding hydrogens is 292 g/mol. The van der Waals surface area contributed by atoms with E-state index in [1.807, 2.05) is 0 Å². The number of likely N-dealkylation sites (tertiary alicyclic amines) is 1. The quantitative estimate of drug-likeness (QED) is 0.940. The molecule has 2 aromatic rings. The van der Waals surface area contributed by atoms with Crippen LogP contribution in [0.25, 0.3) is 11.3 Å². The number of benzene rings is 1. The Bertz CT molecular complexity index is 725. The average Bonchev–Trinajstić information content (AvgIpc) is 3.17. The summed E-state index contributed by atoms with van der Waals surface area (Å²) in [6.45, 7) is 3.24. The molecule has 1 aromatic heterocycles. The first kappa shape index (κ1) is 14.2. The maximum atomic E-state index is 11.9. The summed E-state index contributed by atoms with van der Waals surface area (Å²) in [5, 5.41) is 0. The summed E-state index contributed by atoms with van der Waals surface area (Å²) in [5.74, 6) is 0. The fourth-order valence-corrected chi connectivity index (χ4v) is 4.63. The summed E-state index contributed by atoms with van der Waals surface area (Å²) in [6.07, 6.45) is 7.55. The number of H-pyrrole nitrogens is 1. The molecule has 0 unspecified atom stereocenters. The lowest BCUT2D eigenvalue weighted by atomic mass is 9.90. The van der Waals surface area contributed by atoms with Crippen LogP contribution in [0, 0.1) is 0 Å². The Morgan fingerprint density at radius 1 is 1.05 bits per heavy atom. The second-order valence-corrected chi connectivity index (χ2v) is 7.55. The van der Waals surface area contributed by atoms with Gasteiger partial charge in [0.1, 0.15) is 0 Å². The van der Waals surface area contributed by atoms with Gasteiger partial charge in [0.05, 0.1) is 5.69 Å². The highest BCUT2D eigenvalue weighted by molar-refractivity contribution is 7.09. The van der Waals surface area contributed by atoms with Crippen molar-refractivity contribution in [2.24, 2.45) is 0 Å². The molecule has 1 N–H and O–H groups in total. The normalized spacial score (nSPS) is 18.5. The summed E-state index contributed by atoms with van der Waals surface area (Å²) in [7, 11) is 0. The predicted molar refractivity (Wildman–Crippen MR) is 91.5 cm³/mol. The van der Waals surface area contributed by atoms with Crippen molar-refractivity contribution in [2.75, 3.05) is 13.1 Å². The number of aryl methyl sites for hydroxylation is 2. The van der Waals surface area contributed by atoms with E-state index in [-0.39, 0.29) is 4.87 Å². The molecule has 1 fully saturated rings. The van der Waals surface area contributed by atoms with Gasteiger partial charge in [-0.15, -0.1) is 0 Å². The van der Waals surface area contributed by atoms with E-state index >= 15 is 0 Å². The molecule has 0 saturated carbocycles. The minimum Gasteiger partial charge on any atom is -0.312 e. The number of aromatic amines is 1. The van der Waals surface area contributed by atoms with Crippen molar-refractivity contribution in [3.8, 4) is 11.3 Å². The van der Waals surface area contributed by atoms with E-state index in [0.29, 0.717) is 0 Å². The molecule has 116 valence electrons. The Labute approximate surface area is 135 Å². The lowest BCUT2D eigenvalue weighted by molar-refractivity contribution is 0.334. The zero-order valence-corrected chi connectivity index (χ0v) is 13.7. The van der Waals surface area contributed by atoms with Crippen LogP contribution in [0.1, 0.15) is 41.7 Å². The molecule has 2 heterocycles. The highest BCUT2D eigenvalue weighted by Crippen LogP contribution is 2.30. The second-order valence-electron chi connectivity index (χ2n) is 6.49. The maximum Gasteiger partial charge on any atom is 0.305 e. The van der Waals surface area contributed by atoms with Crippen molar-refractivity contribution in [1.82, 2.24) is 9.88 Å². The number of aromatic nitrogens is 1. The maximum absolute atomic E-state index is 11.9. The molecular formula is C18H22N2OS. The Morgan fingerprint density at radius 2 is 1.82 bits per heavy atom. The fourth-order valence-electron chi connectivity index (χ4n) is 3.74. The van der Waals surface area contributed by atoms with Crippen LogP contribution < -0.4 is 4.87 Å². The van der Waals surface area contributed by atoms with Crippen molar-refractivity contribution in [2.45, 2.75) is 45.1 Å². The van der Waals surface area contributed by atoms with Gasteiger partial charge >= 0.3 is 4.87 Å². The van der Waals surface area contributed by atoms with Crippen molar-refractivity contribution < 1.29 is 0 Å². The van der Waals surface area contributed by atoms with Crippen molar-refractivity contribution in [1.29, 1.82) is 0 Å². The lowest BCUT2D eigenvalue weighted by Gasteiger charge is -2.17. The van der Waals surface area contributed by atoms with E-state index in [4.69, 9.17) is 0 Å². The first-order chi connectivity index (χ1) is 10.8. The van der Waals surface area contributed by atoms with Crippen LogP contribution >= 0.6 is 11.3 Å². The van der Waals surface area contributed by atoms with Crippen LogP contribution in [-0.4, -0.2) is 23.0 Å². The van der Waals surface area contributed by atoms with E-state index in [0.717, 1.165) is 25.3 Å². The molecule has 0 atom stereocenters. The first-order valence-electron chi connectivity index (χ1n) is 8.36. The van der Waals surface area contributed by atoms with E-state index in [2.05, 4.69) is 28.1 Å². The third kappa shape index (κ3) is 2.77. The van der Waals surface area contributed by atoms with Crippen molar-refractivity contribution in [3.63, 3.8) is 0 Å². The molecule has 1 saturated heterocycles. The highest BCUT2D eigenvalue weighted by Gasteiger charge is 2.18. The van der Waals surface area contributed by atoms with Crippen molar-refractivity contribution >= 4 is 11.3 Å². The summed E-state index contributed by atoms with van der Waals surface area (Å²) < 4.78 is 0. The van der Waals surface area contributed by atoms with Crippen LogP contribution in [0.15, 0.2) is 23.0 Å². The predicted octanol–water partition coefficient (Wildman–Crippen LogP) is 3.58. The Hall–Kier alpha value is -1.39. The molecule has 2 aliphatic rings. The van der Waals surface area contributed by atoms with E-state index in [9.17, 15) is 4.79 Å². The van der Waals surface area contributed by atoms with Crippen LogP contribution in [0.2, 0.25) is 0 Å². The summed E-state index contributed by atoms with van der Waals surface area (Å²) in [6, 6.07) is 6.76. The van der Waals surface area contributed by atoms with Gasteiger partial charge in [0.15, 0.2) is 0 Å². The molecule has 3 nitrogen and oxygen atoms in total. The average molecular weight is 314 g/mol. The number of fused-ring (bicyclic) bond motifs is 1. The SMILES string of the molecule is O=c1[nH]c(-c2ccc3c(c2)CCCC3)c(CN2CCCC2)s1. The van der Waals surface area contributed by atoms with Crippen LogP contribution in [0.4, 0.5) is 0 Å². The summed E-state index contributed by atoms with van der Waals surface area (Å²) >= 11 is 1.38. The van der Waals surface area contributed by atoms with E-state index < -0.39 is 0 Å². The Morgan fingerprint density at radius 3 is 2.64 bits per heavy atom. The van der Waals surface area contributed by atoms with E-state index in [1.165, 1.54) is 71.4 Å². The van der Waals surface area contributed by atoms with E-state index in [1.54, 1.807) is 0 Å². The van der Waals surface area contributed by atoms with Gasteiger partial charge in [0.2, 0.25) is 0 Å². The van der Waals surface area contributed by atoms with Gasteiger partial charge in [-0.05, 0) is 74.4 Å². The zero-order chi connectivity index (χ0) is 14.9. The number of rotatable bonds is 3. The molecule has 0 amide bonds. The van der Waals surface area contributed by atoms with Crippen molar-refractivity contribution in [3.05, 3.63) is 43.9 Å². The molecule has 4 rings (SSSR count). The smallest absolute Gasteiger partial charge is 0.305 e. The van der Waals surface area contributed by atoms with Gasteiger partial charge in [-0.1, -0.05) is 23.5 Å². The first-order valence-corrected chi connectivity index (χ1v) is 9.18. The molecule has 1 aliphatic carbocycles. The zero-order valence-electron chi connectivity index (χ0n) is 12.9. The third-order valence-electron chi connectivity index (χ3n) is 4.92. The van der Waals surface area contributed by atoms with Gasteiger partial charge in [-0.25, -0.2) is 0 Å². The summed E-state index contributed by atoms with van der Waals surface area (Å²) in [5.41, 5.74) is 5.21. The van der Waals surface area contributed by atoms with Gasteiger partial charge in [0.25, 0.3) is 0 Å². The fraction of sp³-hybridized carbons (Fsp3) is 0.500. The van der Waals surface area contributed by atoms with Gasteiger partial charge in [-0.3, -0.25) is 9.69 Å².